The molecule has 0 bridgehead atoms. The minimum absolute atomic E-state index is 0.159. The summed E-state index contributed by atoms with van der Waals surface area (Å²) in [5.41, 5.74) is 0.159. The summed E-state index contributed by atoms with van der Waals surface area (Å²) in [5.74, 6) is 0.547. The number of nitrogens with one attached hydrogen (secondary N) is 2. The lowest BCUT2D eigenvalue weighted by atomic mass is 10.2. The molecule has 1 aliphatic rings. The third kappa shape index (κ3) is 2.95. The van der Waals surface area contributed by atoms with Gasteiger partial charge in [-0.3, -0.25) is 0 Å². The summed E-state index contributed by atoms with van der Waals surface area (Å²) in [7, 11) is -1.71. The molecule has 0 saturated heterocycles. The van der Waals surface area contributed by atoms with Gasteiger partial charge in [0.25, 0.3) is 0 Å². The molecule has 0 aromatic carbocycles. The number of hydrogen-bond donors (Lipinski definition) is 2. The Bertz CT molecular complexity index is 509. The maximum atomic E-state index is 12.0. The molecule has 2 N–H and O–H groups in total. The van der Waals surface area contributed by atoms with Crippen LogP contribution >= 0.6 is 0 Å². The molecular formula is C11H17N3O2S. The zero-order valence-corrected chi connectivity index (χ0v) is 10.8. The summed E-state index contributed by atoms with van der Waals surface area (Å²) in [6.45, 7) is 2.59. The Balaban J connectivity index is 2.13. The highest BCUT2D eigenvalue weighted by Gasteiger charge is 2.38. The summed E-state index contributed by atoms with van der Waals surface area (Å²) in [4.78, 5) is 4.24. The molecule has 1 aromatic rings. The summed E-state index contributed by atoms with van der Waals surface area (Å²) in [5, 5.41) is 2.82. The first-order valence-corrected chi connectivity index (χ1v) is 7.07. The van der Waals surface area contributed by atoms with Crippen molar-refractivity contribution in [2.75, 3.05) is 18.9 Å². The van der Waals surface area contributed by atoms with Crippen LogP contribution < -0.4 is 10.0 Å². The average Bonchev–Trinajstić information content (AvgIpc) is 3.06. The van der Waals surface area contributed by atoms with Crippen LogP contribution in [0.15, 0.2) is 23.2 Å². The molecule has 0 radical (unpaired) electrons. The first-order valence-electron chi connectivity index (χ1n) is 5.59. The molecule has 94 valence electrons. The number of anilines is 1. The van der Waals surface area contributed by atoms with Crippen molar-refractivity contribution in [3.63, 3.8) is 0 Å². The van der Waals surface area contributed by atoms with Crippen molar-refractivity contribution in [1.82, 2.24) is 9.71 Å². The van der Waals surface area contributed by atoms with Crippen molar-refractivity contribution in [2.45, 2.75) is 24.7 Å². The smallest absolute Gasteiger partial charge is 0.240 e. The van der Waals surface area contributed by atoms with E-state index in [2.05, 4.69) is 21.9 Å². The highest BCUT2D eigenvalue weighted by Crippen LogP contribution is 2.44. The summed E-state index contributed by atoms with van der Waals surface area (Å²) >= 11 is 0. The average molecular weight is 255 g/mol. The number of rotatable bonds is 5. The largest absolute Gasteiger partial charge is 0.373 e. The lowest BCUT2D eigenvalue weighted by Crippen LogP contribution is -2.29. The van der Waals surface area contributed by atoms with E-state index in [4.69, 9.17) is 0 Å². The molecule has 1 aliphatic carbocycles. The number of hydrogen-bond acceptors (Lipinski definition) is 4. The molecule has 0 unspecified atom stereocenters. The van der Waals surface area contributed by atoms with Crippen molar-refractivity contribution in [3.05, 3.63) is 18.3 Å². The van der Waals surface area contributed by atoms with E-state index in [0.29, 0.717) is 12.4 Å². The van der Waals surface area contributed by atoms with Gasteiger partial charge in [-0.15, -0.1) is 0 Å². The zero-order chi connectivity index (χ0) is 12.5. The monoisotopic (exact) mass is 255 g/mol. The lowest BCUT2D eigenvalue weighted by Gasteiger charge is -2.11. The fourth-order valence-corrected chi connectivity index (χ4v) is 2.67. The molecule has 1 fully saturated rings. The lowest BCUT2D eigenvalue weighted by molar-refractivity contribution is 0.530. The molecule has 17 heavy (non-hydrogen) atoms. The van der Waals surface area contributed by atoms with Gasteiger partial charge < -0.3 is 5.32 Å². The maximum absolute atomic E-state index is 12.0. The van der Waals surface area contributed by atoms with Crippen molar-refractivity contribution >= 4 is 15.8 Å². The quantitative estimate of drug-likeness (QED) is 0.829. The highest BCUT2D eigenvalue weighted by molar-refractivity contribution is 7.89. The van der Waals surface area contributed by atoms with Crippen molar-refractivity contribution in [1.29, 1.82) is 0 Å². The second-order valence-electron chi connectivity index (χ2n) is 4.76. The predicted octanol–water partition coefficient (Wildman–Crippen LogP) is 1.20. The van der Waals surface area contributed by atoms with Gasteiger partial charge in [-0.05, 0) is 24.3 Å². The van der Waals surface area contributed by atoms with Gasteiger partial charge in [-0.25, -0.2) is 18.1 Å². The number of pyridine rings is 1. The second-order valence-corrected chi connectivity index (χ2v) is 6.53. The van der Waals surface area contributed by atoms with Gasteiger partial charge in [0, 0.05) is 25.9 Å². The van der Waals surface area contributed by atoms with Crippen molar-refractivity contribution in [2.24, 2.45) is 5.41 Å². The van der Waals surface area contributed by atoms with Crippen LogP contribution in [-0.2, 0) is 10.0 Å². The second kappa shape index (κ2) is 4.27. The Kier molecular flexibility index (Phi) is 3.09. The Morgan fingerprint density at radius 1 is 1.47 bits per heavy atom. The summed E-state index contributed by atoms with van der Waals surface area (Å²) in [6.07, 6.45) is 3.67. The Morgan fingerprint density at radius 2 is 2.18 bits per heavy atom. The van der Waals surface area contributed by atoms with E-state index in [1.165, 1.54) is 18.3 Å². The SMILES string of the molecule is CNc1cc(S(=O)(=O)NCC2(C)CC2)ccn1. The van der Waals surface area contributed by atoms with Gasteiger partial charge in [0.2, 0.25) is 10.0 Å². The van der Waals surface area contributed by atoms with E-state index >= 15 is 0 Å². The standard InChI is InChI=1S/C11H17N3O2S/c1-11(4-5-11)8-14-17(15,16)9-3-6-13-10(7-9)12-2/h3,6-7,14H,4-5,8H2,1-2H3,(H,12,13). The van der Waals surface area contributed by atoms with Crippen LogP contribution in [0.1, 0.15) is 19.8 Å². The van der Waals surface area contributed by atoms with Crippen LogP contribution in [0.2, 0.25) is 0 Å². The Labute approximate surface area is 102 Å². The minimum atomic E-state index is -3.42. The van der Waals surface area contributed by atoms with Crippen LogP contribution in [0, 0.1) is 5.41 Å². The van der Waals surface area contributed by atoms with Crippen molar-refractivity contribution < 1.29 is 8.42 Å². The van der Waals surface area contributed by atoms with Gasteiger partial charge in [-0.2, -0.15) is 0 Å². The van der Waals surface area contributed by atoms with E-state index < -0.39 is 10.0 Å². The molecule has 0 atom stereocenters. The van der Waals surface area contributed by atoms with Crippen LogP contribution in [-0.4, -0.2) is 27.0 Å². The van der Waals surface area contributed by atoms with Crippen LogP contribution in [0.3, 0.4) is 0 Å². The van der Waals surface area contributed by atoms with E-state index in [9.17, 15) is 8.42 Å². The molecule has 1 saturated carbocycles. The molecule has 2 rings (SSSR count). The van der Waals surface area contributed by atoms with E-state index in [1.54, 1.807) is 7.05 Å². The molecule has 0 spiro atoms. The van der Waals surface area contributed by atoms with Gasteiger partial charge in [0.15, 0.2) is 0 Å². The Hall–Kier alpha value is -1.14. The number of aromatic nitrogens is 1. The van der Waals surface area contributed by atoms with E-state index in [0.717, 1.165) is 12.8 Å². The highest BCUT2D eigenvalue weighted by atomic mass is 32.2. The van der Waals surface area contributed by atoms with Gasteiger partial charge in [-0.1, -0.05) is 6.92 Å². The fourth-order valence-electron chi connectivity index (χ4n) is 1.46. The minimum Gasteiger partial charge on any atom is -0.373 e. The molecule has 0 amide bonds. The van der Waals surface area contributed by atoms with Gasteiger partial charge >= 0.3 is 0 Å². The van der Waals surface area contributed by atoms with Gasteiger partial charge in [0.1, 0.15) is 5.82 Å². The van der Waals surface area contributed by atoms with Crippen LogP contribution in [0.25, 0.3) is 0 Å². The van der Waals surface area contributed by atoms with E-state index in [1.807, 2.05) is 0 Å². The Morgan fingerprint density at radius 3 is 2.76 bits per heavy atom. The first-order chi connectivity index (χ1) is 7.95. The molecular weight excluding hydrogens is 238 g/mol. The van der Waals surface area contributed by atoms with Crippen LogP contribution in [0.4, 0.5) is 5.82 Å². The van der Waals surface area contributed by atoms with E-state index in [-0.39, 0.29) is 10.3 Å². The summed E-state index contributed by atoms with van der Waals surface area (Å²) in [6, 6.07) is 3.02. The molecule has 1 aromatic heterocycles. The fraction of sp³-hybridized carbons (Fsp3) is 0.545. The first kappa shape index (κ1) is 12.3. The predicted molar refractivity (Wildman–Crippen MR) is 66.3 cm³/mol. The van der Waals surface area contributed by atoms with Crippen LogP contribution in [0.5, 0.6) is 0 Å². The number of sulfonamides is 1. The number of nitrogens with zero attached hydrogens (tertiary/aromatic N) is 1. The summed E-state index contributed by atoms with van der Waals surface area (Å²) < 4.78 is 26.7. The third-order valence-electron chi connectivity index (χ3n) is 3.09. The maximum Gasteiger partial charge on any atom is 0.240 e. The normalized spacial score (nSPS) is 17.8. The third-order valence-corrected chi connectivity index (χ3v) is 4.49. The molecule has 6 heteroatoms. The molecule has 0 aliphatic heterocycles. The topological polar surface area (TPSA) is 71.1 Å². The zero-order valence-electron chi connectivity index (χ0n) is 10.0. The molecule has 5 nitrogen and oxygen atoms in total. The van der Waals surface area contributed by atoms with Gasteiger partial charge in [0.05, 0.1) is 4.90 Å². The molecule has 1 heterocycles. The van der Waals surface area contributed by atoms with Crippen molar-refractivity contribution in [3.8, 4) is 0 Å².